The summed E-state index contributed by atoms with van der Waals surface area (Å²) in [6, 6.07) is 7.29. The molecule has 0 aliphatic carbocycles. The van der Waals surface area contributed by atoms with Gasteiger partial charge in [-0.1, -0.05) is 6.07 Å². The summed E-state index contributed by atoms with van der Waals surface area (Å²) in [6.07, 6.45) is 2.94. The normalized spacial score (nSPS) is 22.0. The van der Waals surface area contributed by atoms with Gasteiger partial charge in [0.25, 0.3) is 0 Å². The minimum absolute atomic E-state index is 0.387. The molecule has 2 atom stereocenters. The van der Waals surface area contributed by atoms with Gasteiger partial charge in [-0.05, 0) is 43.5 Å². The van der Waals surface area contributed by atoms with E-state index in [1.807, 2.05) is 12.3 Å². The lowest BCUT2D eigenvalue weighted by atomic mass is 9.89. The maximum absolute atomic E-state index is 5.74. The maximum Gasteiger partial charge on any atom is 0.180 e. The lowest BCUT2D eigenvalue weighted by Gasteiger charge is -2.40. The minimum atomic E-state index is 0.387. The highest BCUT2D eigenvalue weighted by Gasteiger charge is 2.29. The van der Waals surface area contributed by atoms with E-state index in [1.165, 1.54) is 16.0 Å². The quantitative estimate of drug-likeness (QED) is 0.945. The van der Waals surface area contributed by atoms with Crippen LogP contribution in [0.15, 0.2) is 24.4 Å². The van der Waals surface area contributed by atoms with E-state index in [0.29, 0.717) is 17.2 Å². The first kappa shape index (κ1) is 14.4. The fourth-order valence-electron chi connectivity index (χ4n) is 3.16. The second kappa shape index (κ2) is 5.66. The molecular weight excluding hydrogens is 282 g/mol. The Kier molecular flexibility index (Phi) is 3.87. The third kappa shape index (κ3) is 2.76. The van der Waals surface area contributed by atoms with Crippen LogP contribution >= 0.6 is 11.3 Å². The third-order valence-corrected chi connectivity index (χ3v) is 5.10. The lowest BCUT2D eigenvalue weighted by molar-refractivity contribution is 0.130. The molecule has 1 aromatic carbocycles. The average molecular weight is 303 g/mol. The molecule has 0 amide bonds. The molecule has 0 spiro atoms. The Hall–Kier alpha value is -1.59. The monoisotopic (exact) mass is 303 g/mol. The molecule has 1 aliphatic heterocycles. The van der Waals surface area contributed by atoms with Crippen LogP contribution in [0.2, 0.25) is 0 Å². The van der Waals surface area contributed by atoms with Gasteiger partial charge in [0, 0.05) is 29.7 Å². The summed E-state index contributed by atoms with van der Waals surface area (Å²) in [7, 11) is 1.72. The smallest absolute Gasteiger partial charge is 0.180 e. The van der Waals surface area contributed by atoms with Crippen LogP contribution in [0.1, 0.15) is 35.9 Å². The number of aromatic nitrogens is 1. The standard InChI is InChI=1S/C16H21N3OS/c1-10-6-12-7-13(20-3)4-5-15(12)11(2)19(10)9-14-8-18-16(17)21-14/h4-5,7-8,10-11H,6,9H2,1-3H3,(H2,17,18). The zero-order chi connectivity index (χ0) is 15.0. The van der Waals surface area contributed by atoms with Gasteiger partial charge in [0.15, 0.2) is 5.13 Å². The predicted molar refractivity (Wildman–Crippen MR) is 86.6 cm³/mol. The summed E-state index contributed by atoms with van der Waals surface area (Å²) < 4.78 is 5.34. The summed E-state index contributed by atoms with van der Waals surface area (Å²) in [5, 5.41) is 0.646. The number of ether oxygens (including phenoxy) is 1. The van der Waals surface area contributed by atoms with Crippen molar-refractivity contribution in [1.29, 1.82) is 0 Å². The number of anilines is 1. The van der Waals surface area contributed by atoms with Crippen LogP contribution in [0, 0.1) is 0 Å². The summed E-state index contributed by atoms with van der Waals surface area (Å²) >= 11 is 1.58. The second-order valence-corrected chi connectivity index (χ2v) is 6.78. The Balaban J connectivity index is 1.86. The second-order valence-electron chi connectivity index (χ2n) is 5.63. The third-order valence-electron chi connectivity index (χ3n) is 4.29. The molecule has 0 saturated heterocycles. The van der Waals surface area contributed by atoms with Gasteiger partial charge in [-0.15, -0.1) is 11.3 Å². The highest BCUT2D eigenvalue weighted by atomic mass is 32.1. The van der Waals surface area contributed by atoms with Crippen molar-refractivity contribution in [2.24, 2.45) is 0 Å². The van der Waals surface area contributed by atoms with E-state index in [0.717, 1.165) is 18.7 Å². The molecule has 2 N–H and O–H groups in total. The van der Waals surface area contributed by atoms with Crippen molar-refractivity contribution in [3.8, 4) is 5.75 Å². The molecule has 112 valence electrons. The molecule has 5 heteroatoms. The van der Waals surface area contributed by atoms with E-state index in [9.17, 15) is 0 Å². The van der Waals surface area contributed by atoms with E-state index in [4.69, 9.17) is 10.5 Å². The number of hydrogen-bond donors (Lipinski definition) is 1. The number of fused-ring (bicyclic) bond motifs is 1. The topological polar surface area (TPSA) is 51.4 Å². The number of hydrogen-bond acceptors (Lipinski definition) is 5. The Morgan fingerprint density at radius 3 is 2.90 bits per heavy atom. The molecule has 0 saturated carbocycles. The number of benzene rings is 1. The van der Waals surface area contributed by atoms with Gasteiger partial charge in [-0.3, -0.25) is 4.90 Å². The zero-order valence-electron chi connectivity index (χ0n) is 12.7. The average Bonchev–Trinajstić information content (AvgIpc) is 2.88. The van der Waals surface area contributed by atoms with Gasteiger partial charge in [0.05, 0.1) is 7.11 Å². The molecule has 3 rings (SSSR count). The van der Waals surface area contributed by atoms with E-state index in [1.54, 1.807) is 18.4 Å². The first-order valence-corrected chi connectivity index (χ1v) is 8.03. The summed E-state index contributed by atoms with van der Waals surface area (Å²) in [5.74, 6) is 0.942. The van der Waals surface area contributed by atoms with Crippen LogP contribution < -0.4 is 10.5 Å². The number of nitrogens with two attached hydrogens (primary N) is 1. The fourth-order valence-corrected chi connectivity index (χ4v) is 3.85. The van der Waals surface area contributed by atoms with Gasteiger partial charge < -0.3 is 10.5 Å². The van der Waals surface area contributed by atoms with Gasteiger partial charge >= 0.3 is 0 Å². The molecule has 1 aromatic heterocycles. The number of thiazole rings is 1. The van der Waals surface area contributed by atoms with E-state index in [-0.39, 0.29) is 0 Å². The fraction of sp³-hybridized carbons (Fsp3) is 0.438. The SMILES string of the molecule is COc1ccc2c(c1)CC(C)N(Cc1cnc(N)s1)C2C. The number of nitrogens with zero attached hydrogens (tertiary/aromatic N) is 2. The molecule has 0 radical (unpaired) electrons. The lowest BCUT2D eigenvalue weighted by Crippen LogP contribution is -2.40. The van der Waals surface area contributed by atoms with Gasteiger partial charge in [-0.25, -0.2) is 4.98 Å². The van der Waals surface area contributed by atoms with Gasteiger partial charge in [0.2, 0.25) is 0 Å². The van der Waals surface area contributed by atoms with Gasteiger partial charge in [0.1, 0.15) is 5.75 Å². The molecule has 0 fully saturated rings. The Labute approximate surface area is 129 Å². The van der Waals surface area contributed by atoms with Crippen LogP contribution in [-0.2, 0) is 13.0 Å². The van der Waals surface area contributed by atoms with Crippen LogP contribution in [0.3, 0.4) is 0 Å². The largest absolute Gasteiger partial charge is 0.497 e. The molecule has 0 bridgehead atoms. The van der Waals surface area contributed by atoms with Crippen LogP contribution in [0.25, 0.3) is 0 Å². The van der Waals surface area contributed by atoms with Crippen molar-refractivity contribution in [3.63, 3.8) is 0 Å². The number of methoxy groups -OCH3 is 1. The van der Waals surface area contributed by atoms with Gasteiger partial charge in [-0.2, -0.15) is 0 Å². The highest BCUT2D eigenvalue weighted by Crippen LogP contribution is 2.36. The van der Waals surface area contributed by atoms with E-state index >= 15 is 0 Å². The van der Waals surface area contributed by atoms with Crippen LogP contribution in [0.4, 0.5) is 5.13 Å². The van der Waals surface area contributed by atoms with Crippen molar-refractivity contribution in [1.82, 2.24) is 9.88 Å². The summed E-state index contributed by atoms with van der Waals surface area (Å²) in [5.41, 5.74) is 8.53. The van der Waals surface area contributed by atoms with Crippen molar-refractivity contribution in [2.45, 2.75) is 38.9 Å². The summed E-state index contributed by atoms with van der Waals surface area (Å²) in [4.78, 5) is 7.89. The first-order valence-electron chi connectivity index (χ1n) is 7.21. The molecular formula is C16H21N3OS. The Morgan fingerprint density at radius 1 is 1.43 bits per heavy atom. The molecule has 2 unspecified atom stereocenters. The van der Waals surface area contributed by atoms with Crippen molar-refractivity contribution < 1.29 is 4.74 Å². The number of rotatable bonds is 3. The summed E-state index contributed by atoms with van der Waals surface area (Å²) in [6.45, 7) is 5.46. The maximum atomic E-state index is 5.74. The van der Waals surface area contributed by atoms with Crippen molar-refractivity contribution in [3.05, 3.63) is 40.4 Å². The predicted octanol–water partition coefficient (Wildman–Crippen LogP) is 3.24. The van der Waals surface area contributed by atoms with Crippen molar-refractivity contribution in [2.75, 3.05) is 12.8 Å². The molecule has 21 heavy (non-hydrogen) atoms. The van der Waals surface area contributed by atoms with E-state index < -0.39 is 0 Å². The molecule has 2 aromatic rings. The first-order chi connectivity index (χ1) is 10.1. The molecule has 1 aliphatic rings. The van der Waals surface area contributed by atoms with Crippen molar-refractivity contribution >= 4 is 16.5 Å². The zero-order valence-corrected chi connectivity index (χ0v) is 13.5. The van der Waals surface area contributed by atoms with Crippen LogP contribution in [-0.4, -0.2) is 23.0 Å². The minimum Gasteiger partial charge on any atom is -0.497 e. The highest BCUT2D eigenvalue weighted by molar-refractivity contribution is 7.15. The molecule has 2 heterocycles. The van der Waals surface area contributed by atoms with Crippen LogP contribution in [0.5, 0.6) is 5.75 Å². The molecule has 4 nitrogen and oxygen atoms in total. The Morgan fingerprint density at radius 2 is 2.24 bits per heavy atom. The number of nitrogen functional groups attached to an aromatic ring is 1. The Bertz CT molecular complexity index is 640. The van der Waals surface area contributed by atoms with E-state index in [2.05, 4.69) is 35.9 Å².